The summed E-state index contributed by atoms with van der Waals surface area (Å²) in [7, 11) is 0.0873. The summed E-state index contributed by atoms with van der Waals surface area (Å²) in [6.07, 6.45) is 17.1. The standard InChI is InChI=1S/C21H37P/c1-4-6-8-9-10-11-12-15-19-22(18-7-5-2)21-17-14-13-16-20(21)3/h13-14,16-17H,4-12,15,18-19H2,1-3H3. The molecule has 0 saturated heterocycles. The number of benzene rings is 1. The summed E-state index contributed by atoms with van der Waals surface area (Å²) >= 11 is 0. The first-order valence-corrected chi connectivity index (χ1v) is 11.3. The molecule has 22 heavy (non-hydrogen) atoms. The number of hydrogen-bond donors (Lipinski definition) is 0. The van der Waals surface area contributed by atoms with E-state index in [2.05, 4.69) is 45.0 Å². The minimum atomic E-state index is 0.0873. The van der Waals surface area contributed by atoms with Gasteiger partial charge in [0.25, 0.3) is 0 Å². The molecule has 1 aromatic rings. The Morgan fingerprint density at radius 1 is 0.682 bits per heavy atom. The molecule has 0 saturated carbocycles. The highest BCUT2D eigenvalue weighted by molar-refractivity contribution is 7.65. The number of aryl methyl sites for hydroxylation is 1. The van der Waals surface area contributed by atoms with Crippen molar-refractivity contribution in [1.82, 2.24) is 0 Å². The van der Waals surface area contributed by atoms with Gasteiger partial charge in [0.15, 0.2) is 0 Å². The Labute approximate surface area is 140 Å². The Hall–Kier alpha value is -0.350. The maximum Gasteiger partial charge on any atom is -0.0211 e. The van der Waals surface area contributed by atoms with Crippen LogP contribution in [0.1, 0.15) is 83.6 Å². The molecule has 0 spiro atoms. The SMILES string of the molecule is CCCCCCCCCCP(CCCC)c1ccccc1C. The van der Waals surface area contributed by atoms with Gasteiger partial charge in [0.05, 0.1) is 0 Å². The molecule has 1 aromatic carbocycles. The van der Waals surface area contributed by atoms with Crippen LogP contribution in [0.25, 0.3) is 0 Å². The quantitative estimate of drug-likeness (QED) is 0.270. The van der Waals surface area contributed by atoms with Crippen molar-refractivity contribution in [3.63, 3.8) is 0 Å². The van der Waals surface area contributed by atoms with Crippen LogP contribution in [-0.2, 0) is 0 Å². The summed E-state index contributed by atoms with van der Waals surface area (Å²) in [6.45, 7) is 6.91. The lowest BCUT2D eigenvalue weighted by Gasteiger charge is -2.20. The van der Waals surface area contributed by atoms with Crippen molar-refractivity contribution in [2.45, 2.75) is 85.0 Å². The van der Waals surface area contributed by atoms with Crippen molar-refractivity contribution < 1.29 is 0 Å². The topological polar surface area (TPSA) is 0 Å². The van der Waals surface area contributed by atoms with E-state index in [-0.39, 0.29) is 7.92 Å². The lowest BCUT2D eigenvalue weighted by Crippen LogP contribution is -2.10. The molecule has 0 fully saturated rings. The van der Waals surface area contributed by atoms with Crippen LogP contribution in [0.4, 0.5) is 0 Å². The third kappa shape index (κ3) is 8.33. The molecule has 1 atom stereocenters. The molecule has 1 rings (SSSR count). The predicted octanol–water partition coefficient (Wildman–Crippen LogP) is 7.04. The van der Waals surface area contributed by atoms with Crippen LogP contribution in [0.5, 0.6) is 0 Å². The summed E-state index contributed by atoms with van der Waals surface area (Å²) < 4.78 is 0. The Bertz CT molecular complexity index is 372. The highest BCUT2D eigenvalue weighted by Crippen LogP contribution is 2.38. The molecule has 0 heterocycles. The fraction of sp³-hybridized carbons (Fsp3) is 0.714. The molecule has 0 nitrogen and oxygen atoms in total. The highest BCUT2D eigenvalue weighted by atomic mass is 31.1. The Morgan fingerprint density at radius 2 is 1.23 bits per heavy atom. The number of unbranched alkanes of at least 4 members (excludes halogenated alkanes) is 8. The molecule has 0 amide bonds. The number of rotatable bonds is 13. The van der Waals surface area contributed by atoms with Gasteiger partial charge >= 0.3 is 0 Å². The zero-order chi connectivity index (χ0) is 16.0. The van der Waals surface area contributed by atoms with E-state index in [1.807, 2.05) is 0 Å². The Morgan fingerprint density at radius 3 is 1.86 bits per heavy atom. The van der Waals surface area contributed by atoms with Gasteiger partial charge in [0.2, 0.25) is 0 Å². The van der Waals surface area contributed by atoms with Crippen LogP contribution in [0, 0.1) is 6.92 Å². The molecule has 1 heteroatoms. The lowest BCUT2D eigenvalue weighted by atomic mass is 10.1. The van der Waals surface area contributed by atoms with Gasteiger partial charge in [0, 0.05) is 0 Å². The maximum atomic E-state index is 2.39. The van der Waals surface area contributed by atoms with Gasteiger partial charge in [0.1, 0.15) is 0 Å². The van der Waals surface area contributed by atoms with Crippen LogP contribution in [0.3, 0.4) is 0 Å². The smallest absolute Gasteiger partial charge is 0.0211 e. The molecule has 0 radical (unpaired) electrons. The second kappa shape index (κ2) is 13.1. The van der Waals surface area contributed by atoms with Gasteiger partial charge in [-0.05, 0) is 43.0 Å². The summed E-state index contributed by atoms with van der Waals surface area (Å²) in [5.41, 5.74) is 1.52. The molecule has 0 aliphatic carbocycles. The third-order valence-corrected chi connectivity index (χ3v) is 7.41. The highest BCUT2D eigenvalue weighted by Gasteiger charge is 2.12. The lowest BCUT2D eigenvalue weighted by molar-refractivity contribution is 0.586. The fourth-order valence-corrected chi connectivity index (χ4v) is 5.94. The van der Waals surface area contributed by atoms with Crippen LogP contribution in [0.2, 0.25) is 0 Å². The van der Waals surface area contributed by atoms with E-state index in [0.29, 0.717) is 0 Å². The van der Waals surface area contributed by atoms with Crippen LogP contribution < -0.4 is 5.30 Å². The van der Waals surface area contributed by atoms with Crippen molar-refractivity contribution in [3.8, 4) is 0 Å². The minimum Gasteiger partial charge on any atom is -0.0750 e. The molecule has 1 unspecified atom stereocenters. The van der Waals surface area contributed by atoms with Gasteiger partial charge < -0.3 is 0 Å². The van der Waals surface area contributed by atoms with E-state index in [1.54, 1.807) is 5.30 Å². The molecule has 0 N–H and O–H groups in total. The van der Waals surface area contributed by atoms with E-state index in [4.69, 9.17) is 0 Å². The summed E-state index contributed by atoms with van der Waals surface area (Å²) in [5, 5.41) is 1.67. The van der Waals surface area contributed by atoms with Gasteiger partial charge in [-0.1, -0.05) is 97.4 Å². The largest absolute Gasteiger partial charge is 0.0750 e. The van der Waals surface area contributed by atoms with E-state index in [9.17, 15) is 0 Å². The zero-order valence-electron chi connectivity index (χ0n) is 15.2. The van der Waals surface area contributed by atoms with Crippen LogP contribution >= 0.6 is 7.92 Å². The zero-order valence-corrected chi connectivity index (χ0v) is 16.1. The van der Waals surface area contributed by atoms with Crippen molar-refractivity contribution >= 4 is 13.2 Å². The normalized spacial score (nSPS) is 12.5. The molecule has 0 aromatic heterocycles. The first-order valence-electron chi connectivity index (χ1n) is 9.60. The third-order valence-electron chi connectivity index (χ3n) is 4.52. The van der Waals surface area contributed by atoms with Crippen molar-refractivity contribution in [2.24, 2.45) is 0 Å². The average molecular weight is 321 g/mol. The molecule has 126 valence electrons. The van der Waals surface area contributed by atoms with Gasteiger partial charge in [-0.2, -0.15) is 0 Å². The van der Waals surface area contributed by atoms with E-state index in [1.165, 1.54) is 82.1 Å². The molecule has 0 aliphatic rings. The minimum absolute atomic E-state index is 0.0873. The monoisotopic (exact) mass is 320 g/mol. The Balaban J connectivity index is 2.29. The van der Waals surface area contributed by atoms with Crippen molar-refractivity contribution in [3.05, 3.63) is 29.8 Å². The fourth-order valence-electron chi connectivity index (χ4n) is 3.06. The van der Waals surface area contributed by atoms with E-state index < -0.39 is 0 Å². The van der Waals surface area contributed by atoms with Gasteiger partial charge in [-0.3, -0.25) is 0 Å². The van der Waals surface area contributed by atoms with Crippen LogP contribution in [0.15, 0.2) is 24.3 Å². The van der Waals surface area contributed by atoms with Crippen molar-refractivity contribution in [2.75, 3.05) is 12.3 Å². The summed E-state index contributed by atoms with van der Waals surface area (Å²) in [6, 6.07) is 9.10. The first kappa shape index (κ1) is 19.7. The summed E-state index contributed by atoms with van der Waals surface area (Å²) in [5.74, 6) is 0. The second-order valence-corrected chi connectivity index (χ2v) is 9.06. The van der Waals surface area contributed by atoms with Crippen LogP contribution in [-0.4, -0.2) is 12.3 Å². The molecular weight excluding hydrogens is 283 g/mol. The maximum absolute atomic E-state index is 2.39. The Kier molecular flexibility index (Phi) is 11.7. The first-order chi connectivity index (χ1) is 10.8. The number of hydrogen-bond acceptors (Lipinski definition) is 0. The summed E-state index contributed by atoms with van der Waals surface area (Å²) in [4.78, 5) is 0. The molecular formula is C21H37P. The molecule has 0 aliphatic heterocycles. The van der Waals surface area contributed by atoms with Crippen molar-refractivity contribution in [1.29, 1.82) is 0 Å². The van der Waals surface area contributed by atoms with E-state index in [0.717, 1.165) is 0 Å². The predicted molar refractivity (Wildman–Crippen MR) is 105 cm³/mol. The average Bonchev–Trinajstić information content (AvgIpc) is 2.53. The molecule has 0 bridgehead atoms. The second-order valence-electron chi connectivity index (χ2n) is 6.60. The van der Waals surface area contributed by atoms with E-state index >= 15 is 0 Å². The van der Waals surface area contributed by atoms with Gasteiger partial charge in [-0.25, -0.2) is 0 Å². The van der Waals surface area contributed by atoms with Gasteiger partial charge in [-0.15, -0.1) is 0 Å².